The number of carbonyl (C=O) groups excluding carboxylic acids is 1. The predicted molar refractivity (Wildman–Crippen MR) is 53.5 cm³/mol. The van der Waals surface area contributed by atoms with Crippen LogP contribution in [0.25, 0.3) is 0 Å². The maximum absolute atomic E-state index is 11.6. The Kier molecular flexibility index (Phi) is 3.72. The molecule has 0 aromatic rings. The standard InChI is InChI=1S/C10H20N2O/c1-4-9-5-6-12(7-9)10(13)8-11(2)3/h9H,4-8H2,1-3H3. The van der Waals surface area contributed by atoms with E-state index >= 15 is 0 Å². The Morgan fingerprint density at radius 2 is 2.23 bits per heavy atom. The minimum atomic E-state index is 0.279. The molecule has 0 aliphatic carbocycles. The van der Waals surface area contributed by atoms with Crippen molar-refractivity contribution in [3.8, 4) is 0 Å². The maximum Gasteiger partial charge on any atom is 0.236 e. The van der Waals surface area contributed by atoms with Crippen molar-refractivity contribution in [2.24, 2.45) is 5.92 Å². The molecule has 0 spiro atoms. The Hall–Kier alpha value is -0.570. The molecule has 1 amide bonds. The van der Waals surface area contributed by atoms with Crippen LogP contribution in [0.1, 0.15) is 19.8 Å². The molecule has 0 aromatic carbocycles. The molecule has 76 valence electrons. The average Bonchev–Trinajstić information content (AvgIpc) is 2.50. The highest BCUT2D eigenvalue weighted by Crippen LogP contribution is 2.18. The molecule has 1 atom stereocenters. The molecular weight excluding hydrogens is 164 g/mol. The van der Waals surface area contributed by atoms with Crippen LogP contribution in [-0.2, 0) is 4.79 Å². The number of rotatable bonds is 3. The zero-order chi connectivity index (χ0) is 9.84. The lowest BCUT2D eigenvalue weighted by atomic mass is 10.1. The fourth-order valence-electron chi connectivity index (χ4n) is 1.76. The summed E-state index contributed by atoms with van der Waals surface area (Å²) in [6, 6.07) is 0. The topological polar surface area (TPSA) is 23.6 Å². The number of amides is 1. The summed E-state index contributed by atoms with van der Waals surface area (Å²) in [4.78, 5) is 15.5. The van der Waals surface area contributed by atoms with Crippen molar-refractivity contribution < 1.29 is 4.79 Å². The number of carbonyl (C=O) groups is 1. The number of hydrogen-bond donors (Lipinski definition) is 0. The van der Waals surface area contributed by atoms with Crippen LogP contribution in [0.15, 0.2) is 0 Å². The summed E-state index contributed by atoms with van der Waals surface area (Å²) < 4.78 is 0. The summed E-state index contributed by atoms with van der Waals surface area (Å²) in [7, 11) is 3.87. The van der Waals surface area contributed by atoms with E-state index in [1.807, 2.05) is 23.9 Å². The zero-order valence-corrected chi connectivity index (χ0v) is 8.92. The van der Waals surface area contributed by atoms with Crippen LogP contribution in [-0.4, -0.2) is 49.4 Å². The van der Waals surface area contributed by atoms with Crippen molar-refractivity contribution in [3.63, 3.8) is 0 Å². The van der Waals surface area contributed by atoms with Crippen molar-refractivity contribution in [3.05, 3.63) is 0 Å². The second kappa shape index (κ2) is 4.61. The Balaban J connectivity index is 2.33. The first-order valence-electron chi connectivity index (χ1n) is 5.06. The normalized spacial score (nSPS) is 22.8. The maximum atomic E-state index is 11.6. The third kappa shape index (κ3) is 2.99. The third-order valence-electron chi connectivity index (χ3n) is 2.67. The van der Waals surface area contributed by atoms with Crippen LogP contribution in [0.2, 0.25) is 0 Å². The van der Waals surface area contributed by atoms with Crippen molar-refractivity contribution in [2.75, 3.05) is 33.7 Å². The number of likely N-dealkylation sites (N-methyl/N-ethyl adjacent to an activating group) is 1. The molecule has 1 heterocycles. The number of nitrogens with zero attached hydrogens (tertiary/aromatic N) is 2. The van der Waals surface area contributed by atoms with Crippen LogP contribution >= 0.6 is 0 Å². The molecule has 0 bridgehead atoms. The summed E-state index contributed by atoms with van der Waals surface area (Å²) >= 11 is 0. The molecule has 0 aromatic heterocycles. The van der Waals surface area contributed by atoms with Crippen LogP contribution in [0.3, 0.4) is 0 Å². The van der Waals surface area contributed by atoms with Gasteiger partial charge in [-0.05, 0) is 26.4 Å². The Bertz CT molecular complexity index is 180. The average molecular weight is 184 g/mol. The lowest BCUT2D eigenvalue weighted by Crippen LogP contribution is -2.36. The third-order valence-corrected chi connectivity index (χ3v) is 2.67. The van der Waals surface area contributed by atoms with E-state index in [1.165, 1.54) is 12.8 Å². The molecule has 1 fully saturated rings. The van der Waals surface area contributed by atoms with Gasteiger partial charge in [0, 0.05) is 13.1 Å². The van der Waals surface area contributed by atoms with E-state index < -0.39 is 0 Å². The summed E-state index contributed by atoms with van der Waals surface area (Å²) in [5, 5.41) is 0. The van der Waals surface area contributed by atoms with E-state index in [2.05, 4.69) is 6.92 Å². The fraction of sp³-hybridized carbons (Fsp3) is 0.900. The molecular formula is C10H20N2O. The molecule has 13 heavy (non-hydrogen) atoms. The van der Waals surface area contributed by atoms with Gasteiger partial charge in [0.25, 0.3) is 0 Å². The number of likely N-dealkylation sites (tertiary alicyclic amines) is 1. The smallest absolute Gasteiger partial charge is 0.236 e. The first-order chi connectivity index (χ1) is 6.13. The van der Waals surface area contributed by atoms with Gasteiger partial charge in [0.1, 0.15) is 0 Å². The zero-order valence-electron chi connectivity index (χ0n) is 8.92. The van der Waals surface area contributed by atoms with Gasteiger partial charge >= 0.3 is 0 Å². The quantitative estimate of drug-likeness (QED) is 0.648. The van der Waals surface area contributed by atoms with Crippen LogP contribution in [0.4, 0.5) is 0 Å². The van der Waals surface area contributed by atoms with Crippen LogP contribution in [0, 0.1) is 5.92 Å². The van der Waals surface area contributed by atoms with Crippen LogP contribution < -0.4 is 0 Å². The molecule has 3 heteroatoms. The van der Waals surface area contributed by atoms with Gasteiger partial charge in [-0.1, -0.05) is 13.3 Å². The fourth-order valence-corrected chi connectivity index (χ4v) is 1.76. The van der Waals surface area contributed by atoms with Gasteiger partial charge in [0.2, 0.25) is 5.91 Å². The molecule has 1 aliphatic rings. The van der Waals surface area contributed by atoms with Crippen molar-refractivity contribution in [1.29, 1.82) is 0 Å². The summed E-state index contributed by atoms with van der Waals surface area (Å²) in [6.45, 7) is 4.69. The molecule has 0 saturated carbocycles. The summed E-state index contributed by atoms with van der Waals surface area (Å²) in [5.41, 5.74) is 0. The van der Waals surface area contributed by atoms with Gasteiger partial charge in [-0.2, -0.15) is 0 Å². The van der Waals surface area contributed by atoms with Crippen molar-refractivity contribution in [2.45, 2.75) is 19.8 Å². The Morgan fingerprint density at radius 1 is 1.54 bits per heavy atom. The monoisotopic (exact) mass is 184 g/mol. The molecule has 1 unspecified atom stereocenters. The lowest BCUT2D eigenvalue weighted by Gasteiger charge is -2.18. The minimum absolute atomic E-state index is 0.279. The summed E-state index contributed by atoms with van der Waals surface area (Å²) in [6.07, 6.45) is 2.39. The lowest BCUT2D eigenvalue weighted by molar-refractivity contribution is -0.130. The predicted octanol–water partition coefficient (Wildman–Crippen LogP) is 0.806. The Labute approximate surface area is 80.7 Å². The molecule has 1 rings (SSSR count). The largest absolute Gasteiger partial charge is 0.341 e. The van der Waals surface area contributed by atoms with Crippen molar-refractivity contribution >= 4 is 5.91 Å². The van der Waals surface area contributed by atoms with E-state index in [0.29, 0.717) is 6.54 Å². The van der Waals surface area contributed by atoms with Gasteiger partial charge in [-0.15, -0.1) is 0 Å². The molecule has 3 nitrogen and oxygen atoms in total. The van der Waals surface area contributed by atoms with Gasteiger partial charge in [0.15, 0.2) is 0 Å². The summed E-state index contributed by atoms with van der Waals surface area (Å²) in [5.74, 6) is 1.02. The molecule has 1 aliphatic heterocycles. The SMILES string of the molecule is CCC1CCN(C(=O)CN(C)C)C1. The van der Waals surface area contributed by atoms with Gasteiger partial charge in [-0.25, -0.2) is 0 Å². The van der Waals surface area contributed by atoms with Gasteiger partial charge in [-0.3, -0.25) is 4.79 Å². The van der Waals surface area contributed by atoms with E-state index in [-0.39, 0.29) is 5.91 Å². The van der Waals surface area contributed by atoms with E-state index in [0.717, 1.165) is 19.0 Å². The first kappa shape index (κ1) is 10.5. The highest BCUT2D eigenvalue weighted by atomic mass is 16.2. The van der Waals surface area contributed by atoms with E-state index in [9.17, 15) is 4.79 Å². The van der Waals surface area contributed by atoms with Gasteiger partial charge in [0.05, 0.1) is 6.54 Å². The molecule has 1 saturated heterocycles. The second-order valence-corrected chi connectivity index (χ2v) is 4.14. The highest BCUT2D eigenvalue weighted by molar-refractivity contribution is 5.78. The first-order valence-corrected chi connectivity index (χ1v) is 5.06. The van der Waals surface area contributed by atoms with E-state index in [1.54, 1.807) is 0 Å². The molecule has 0 N–H and O–H groups in total. The van der Waals surface area contributed by atoms with Crippen molar-refractivity contribution in [1.82, 2.24) is 9.80 Å². The van der Waals surface area contributed by atoms with E-state index in [4.69, 9.17) is 0 Å². The second-order valence-electron chi connectivity index (χ2n) is 4.14. The van der Waals surface area contributed by atoms with Crippen LogP contribution in [0.5, 0.6) is 0 Å². The highest BCUT2D eigenvalue weighted by Gasteiger charge is 2.24. The van der Waals surface area contributed by atoms with Gasteiger partial charge < -0.3 is 9.80 Å². The number of hydrogen-bond acceptors (Lipinski definition) is 2. The minimum Gasteiger partial charge on any atom is -0.341 e. The Morgan fingerprint density at radius 3 is 2.69 bits per heavy atom. The molecule has 0 radical (unpaired) electrons.